The molecule has 0 bridgehead atoms. The summed E-state index contributed by atoms with van der Waals surface area (Å²) in [6, 6.07) is 12.5. The molecule has 0 spiro atoms. The normalized spacial score (nSPS) is 12.1. The van der Waals surface area contributed by atoms with Gasteiger partial charge in [0.25, 0.3) is 5.56 Å². The molecule has 0 aliphatic carbocycles. The first kappa shape index (κ1) is 15.9. The number of esters is 1. The van der Waals surface area contributed by atoms with Crippen molar-refractivity contribution in [2.24, 2.45) is 7.05 Å². The van der Waals surface area contributed by atoms with E-state index in [2.05, 4.69) is 5.10 Å². The highest BCUT2D eigenvalue weighted by atomic mass is 19.1. The van der Waals surface area contributed by atoms with E-state index in [4.69, 9.17) is 4.74 Å². The molecule has 5 nitrogen and oxygen atoms in total. The smallest absolute Gasteiger partial charge is 0.360 e. The summed E-state index contributed by atoms with van der Waals surface area (Å²) in [6.45, 7) is 1.69. The van der Waals surface area contributed by atoms with Gasteiger partial charge in [0, 0.05) is 12.4 Å². The minimum atomic E-state index is -0.640. The molecule has 3 aromatic rings. The first-order valence-electron chi connectivity index (χ1n) is 7.40. The van der Waals surface area contributed by atoms with Crippen LogP contribution in [0.25, 0.3) is 10.8 Å². The van der Waals surface area contributed by atoms with Gasteiger partial charge in [0.05, 0.1) is 5.39 Å². The summed E-state index contributed by atoms with van der Waals surface area (Å²) in [5, 5.41) is 4.87. The van der Waals surface area contributed by atoms with Crippen molar-refractivity contribution in [3.63, 3.8) is 0 Å². The molecule has 1 aromatic heterocycles. The summed E-state index contributed by atoms with van der Waals surface area (Å²) in [5.74, 6) is -0.998. The molecule has 0 unspecified atom stereocenters. The summed E-state index contributed by atoms with van der Waals surface area (Å²) in [5.41, 5.74) is 0.453. The fraction of sp³-hybridized carbons (Fsp3) is 0.167. The van der Waals surface area contributed by atoms with Crippen molar-refractivity contribution in [1.82, 2.24) is 9.78 Å². The number of aryl methyl sites for hydroxylation is 1. The monoisotopic (exact) mass is 326 g/mol. The largest absolute Gasteiger partial charge is 0.453 e. The van der Waals surface area contributed by atoms with Gasteiger partial charge in [-0.05, 0) is 30.7 Å². The molecule has 0 radical (unpaired) electrons. The summed E-state index contributed by atoms with van der Waals surface area (Å²) in [6.07, 6.45) is -0.573. The Bertz CT molecular complexity index is 964. The lowest BCUT2D eigenvalue weighted by Gasteiger charge is -2.14. The Hall–Kier alpha value is -3.02. The Balaban J connectivity index is 1.96. The Morgan fingerprint density at radius 2 is 1.75 bits per heavy atom. The van der Waals surface area contributed by atoms with Gasteiger partial charge >= 0.3 is 5.97 Å². The highest BCUT2D eigenvalue weighted by molar-refractivity contribution is 6.02. The van der Waals surface area contributed by atoms with Crippen molar-refractivity contribution >= 4 is 16.7 Å². The van der Waals surface area contributed by atoms with E-state index >= 15 is 0 Å². The van der Waals surface area contributed by atoms with E-state index in [1.54, 1.807) is 43.3 Å². The van der Waals surface area contributed by atoms with Crippen LogP contribution in [-0.4, -0.2) is 15.7 Å². The predicted octanol–water partition coefficient (Wildman–Crippen LogP) is 2.99. The summed E-state index contributed by atoms with van der Waals surface area (Å²) in [4.78, 5) is 24.6. The van der Waals surface area contributed by atoms with Gasteiger partial charge in [0.1, 0.15) is 11.9 Å². The molecule has 1 atom stereocenters. The Morgan fingerprint density at radius 1 is 1.12 bits per heavy atom. The maximum absolute atomic E-state index is 13.0. The van der Waals surface area contributed by atoms with Gasteiger partial charge in [-0.25, -0.2) is 13.9 Å². The summed E-state index contributed by atoms with van der Waals surface area (Å²) in [7, 11) is 1.48. The van der Waals surface area contributed by atoms with Crippen LogP contribution in [0.4, 0.5) is 4.39 Å². The molecule has 6 heteroatoms. The Kier molecular flexibility index (Phi) is 4.12. The minimum absolute atomic E-state index is 0.0710. The molecule has 3 rings (SSSR count). The SMILES string of the molecule is C[C@@H](OC(=O)c1nn(C)c(=O)c2ccccc12)c1ccc(F)cc1. The second kappa shape index (κ2) is 6.23. The highest BCUT2D eigenvalue weighted by Gasteiger charge is 2.20. The number of nitrogens with zero attached hydrogens (tertiary/aromatic N) is 2. The number of rotatable bonds is 3. The number of hydrogen-bond acceptors (Lipinski definition) is 4. The van der Waals surface area contributed by atoms with Gasteiger partial charge in [-0.1, -0.05) is 30.3 Å². The third-order valence-electron chi connectivity index (χ3n) is 3.77. The van der Waals surface area contributed by atoms with Crippen LogP contribution in [-0.2, 0) is 11.8 Å². The minimum Gasteiger partial charge on any atom is -0.453 e. The van der Waals surface area contributed by atoms with Gasteiger partial charge in [0.15, 0.2) is 5.69 Å². The molecular formula is C18H15FN2O3. The number of fused-ring (bicyclic) bond motifs is 1. The number of halogens is 1. The van der Waals surface area contributed by atoms with Crippen LogP contribution in [0.1, 0.15) is 29.1 Å². The zero-order chi connectivity index (χ0) is 17.3. The van der Waals surface area contributed by atoms with Crippen molar-refractivity contribution < 1.29 is 13.9 Å². The van der Waals surface area contributed by atoms with Crippen molar-refractivity contribution in [1.29, 1.82) is 0 Å². The Labute approximate surface area is 137 Å². The molecule has 1 heterocycles. The predicted molar refractivity (Wildman–Crippen MR) is 87.2 cm³/mol. The summed E-state index contributed by atoms with van der Waals surface area (Å²) >= 11 is 0. The van der Waals surface area contributed by atoms with Crippen LogP contribution in [0.5, 0.6) is 0 Å². The average Bonchev–Trinajstić information content (AvgIpc) is 2.58. The van der Waals surface area contributed by atoms with Crippen LogP contribution in [0.2, 0.25) is 0 Å². The first-order chi connectivity index (χ1) is 11.5. The number of ether oxygens (including phenoxy) is 1. The first-order valence-corrected chi connectivity index (χ1v) is 7.40. The van der Waals surface area contributed by atoms with Crippen molar-refractivity contribution in [3.8, 4) is 0 Å². The van der Waals surface area contributed by atoms with Crippen molar-refractivity contribution in [2.45, 2.75) is 13.0 Å². The molecule has 0 amide bonds. The van der Waals surface area contributed by atoms with Gasteiger partial charge < -0.3 is 4.74 Å². The van der Waals surface area contributed by atoms with Crippen LogP contribution < -0.4 is 5.56 Å². The van der Waals surface area contributed by atoms with E-state index in [0.29, 0.717) is 16.3 Å². The lowest BCUT2D eigenvalue weighted by atomic mass is 10.1. The van der Waals surface area contributed by atoms with Crippen LogP contribution in [0, 0.1) is 5.82 Å². The van der Waals surface area contributed by atoms with E-state index < -0.39 is 12.1 Å². The van der Waals surface area contributed by atoms with Gasteiger partial charge in [-0.2, -0.15) is 5.10 Å². The molecule has 0 aliphatic heterocycles. The van der Waals surface area contributed by atoms with E-state index in [9.17, 15) is 14.0 Å². The molecule has 0 fully saturated rings. The zero-order valence-electron chi connectivity index (χ0n) is 13.2. The van der Waals surface area contributed by atoms with Crippen LogP contribution in [0.15, 0.2) is 53.3 Å². The third kappa shape index (κ3) is 2.90. The number of carbonyl (C=O) groups is 1. The third-order valence-corrected chi connectivity index (χ3v) is 3.77. The molecule has 2 aromatic carbocycles. The second-order valence-electron chi connectivity index (χ2n) is 5.42. The molecule has 0 saturated heterocycles. The molecule has 0 aliphatic rings. The number of benzene rings is 2. The van der Waals surface area contributed by atoms with E-state index in [1.165, 1.54) is 19.2 Å². The van der Waals surface area contributed by atoms with E-state index in [1.807, 2.05) is 0 Å². The van der Waals surface area contributed by atoms with Gasteiger partial charge in [0.2, 0.25) is 0 Å². The quantitative estimate of drug-likeness (QED) is 0.694. The fourth-order valence-electron chi connectivity index (χ4n) is 2.47. The Morgan fingerprint density at radius 3 is 2.42 bits per heavy atom. The topological polar surface area (TPSA) is 61.2 Å². The van der Waals surface area contributed by atoms with E-state index in [0.717, 1.165) is 4.68 Å². The average molecular weight is 326 g/mol. The zero-order valence-corrected chi connectivity index (χ0v) is 13.2. The van der Waals surface area contributed by atoms with Crippen LogP contribution in [0.3, 0.4) is 0 Å². The van der Waals surface area contributed by atoms with Gasteiger partial charge in [-0.15, -0.1) is 0 Å². The van der Waals surface area contributed by atoms with Crippen molar-refractivity contribution in [3.05, 3.63) is 76.0 Å². The number of aromatic nitrogens is 2. The molecule has 0 saturated carbocycles. The summed E-state index contributed by atoms with van der Waals surface area (Å²) < 4.78 is 19.5. The van der Waals surface area contributed by atoms with Crippen molar-refractivity contribution in [2.75, 3.05) is 0 Å². The number of hydrogen-bond donors (Lipinski definition) is 0. The van der Waals surface area contributed by atoms with E-state index in [-0.39, 0.29) is 17.1 Å². The maximum Gasteiger partial charge on any atom is 0.360 e. The molecule has 0 N–H and O–H groups in total. The molecule has 122 valence electrons. The maximum atomic E-state index is 13.0. The standard InChI is InChI=1S/C18H15FN2O3/c1-11(12-7-9-13(19)10-8-12)24-18(23)16-14-5-3-4-6-15(14)17(22)21(2)20-16/h3-11H,1-2H3/t11-/m1/s1. The van der Waals surface area contributed by atoms with Crippen LogP contribution >= 0.6 is 0 Å². The molecule has 24 heavy (non-hydrogen) atoms. The second-order valence-corrected chi connectivity index (χ2v) is 5.42. The fourth-order valence-corrected chi connectivity index (χ4v) is 2.47. The highest BCUT2D eigenvalue weighted by Crippen LogP contribution is 2.21. The van der Waals surface area contributed by atoms with Gasteiger partial charge in [-0.3, -0.25) is 4.79 Å². The molecular weight excluding hydrogens is 311 g/mol. The lowest BCUT2D eigenvalue weighted by molar-refractivity contribution is 0.0330. The lowest BCUT2D eigenvalue weighted by Crippen LogP contribution is -2.24. The number of carbonyl (C=O) groups excluding carboxylic acids is 1.